The van der Waals surface area contributed by atoms with Crippen LogP contribution in [0.15, 0.2) is 24.3 Å². The number of hydrogen-bond acceptors (Lipinski definition) is 6. The summed E-state index contributed by atoms with van der Waals surface area (Å²) >= 11 is 0. The van der Waals surface area contributed by atoms with Gasteiger partial charge in [0.1, 0.15) is 13.2 Å². The number of hydrogen-bond donors (Lipinski definition) is 0. The highest BCUT2D eigenvalue weighted by atomic mass is 16.6. The normalized spacial score (nSPS) is 12.1. The second-order valence-electron chi connectivity index (χ2n) is 25.6. The first kappa shape index (κ1) is 79.9. The molecule has 0 saturated carbocycles. The van der Waals surface area contributed by atoms with E-state index in [0.29, 0.717) is 19.3 Å². The van der Waals surface area contributed by atoms with Crippen LogP contribution in [-0.2, 0) is 28.6 Å². The Balaban J connectivity index is 4.15. The molecule has 0 bridgehead atoms. The number of esters is 3. The van der Waals surface area contributed by atoms with E-state index in [-0.39, 0.29) is 31.1 Å². The van der Waals surface area contributed by atoms with Crippen molar-refractivity contribution in [3.8, 4) is 0 Å². The Bertz CT molecular complexity index is 1320. The molecule has 0 amide bonds. The van der Waals surface area contributed by atoms with Crippen LogP contribution in [0.4, 0.5) is 0 Å². The van der Waals surface area contributed by atoms with Gasteiger partial charge in [-0.2, -0.15) is 0 Å². The molecule has 0 aliphatic carbocycles. The Hall–Kier alpha value is -2.11. The molecule has 82 heavy (non-hydrogen) atoms. The SMILES string of the molecule is CCCCCCC/C=C\CCCCCCCC(=O)OCC(COC(=O)CCCCCCCCCCCCCCCCCCCCC/C=C\CCCCCCCCCC)OC(=O)CCCCCCCCCCCCCCCCCCCCC. The molecule has 0 saturated heterocycles. The molecule has 0 N–H and O–H groups in total. The molecule has 0 rings (SSSR count). The third kappa shape index (κ3) is 68.7. The Kier molecular flexibility index (Phi) is 69.5. The maximum absolute atomic E-state index is 13.0. The van der Waals surface area contributed by atoms with E-state index < -0.39 is 6.10 Å². The second-order valence-corrected chi connectivity index (χ2v) is 25.6. The Labute approximate surface area is 513 Å². The molecule has 1 atom stereocenters. The van der Waals surface area contributed by atoms with E-state index in [9.17, 15) is 14.4 Å². The van der Waals surface area contributed by atoms with Gasteiger partial charge in [-0.05, 0) is 70.6 Å². The molecule has 0 aromatic rings. The molecule has 0 aromatic heterocycles. The van der Waals surface area contributed by atoms with Crippen LogP contribution in [0.1, 0.15) is 425 Å². The number of allylic oxidation sites excluding steroid dienone is 4. The molecule has 6 nitrogen and oxygen atoms in total. The maximum atomic E-state index is 13.0. The van der Waals surface area contributed by atoms with E-state index in [1.165, 1.54) is 321 Å². The van der Waals surface area contributed by atoms with Gasteiger partial charge >= 0.3 is 17.9 Å². The van der Waals surface area contributed by atoms with Crippen molar-refractivity contribution in [3.63, 3.8) is 0 Å². The number of carbonyl (C=O) groups is 3. The first-order valence-corrected chi connectivity index (χ1v) is 37.3. The molecule has 0 aromatic carbocycles. The van der Waals surface area contributed by atoms with Crippen molar-refractivity contribution in [2.75, 3.05) is 13.2 Å². The van der Waals surface area contributed by atoms with Crippen molar-refractivity contribution in [1.29, 1.82) is 0 Å². The number of rotatable bonds is 70. The summed E-state index contributed by atoms with van der Waals surface area (Å²) in [6.45, 7) is 6.71. The molecule has 0 aliphatic heterocycles. The van der Waals surface area contributed by atoms with Gasteiger partial charge in [0.05, 0.1) is 0 Å². The summed E-state index contributed by atoms with van der Waals surface area (Å²) < 4.78 is 17.0. The van der Waals surface area contributed by atoms with Crippen molar-refractivity contribution in [1.82, 2.24) is 0 Å². The third-order valence-corrected chi connectivity index (χ3v) is 17.2. The molecular formula is C76H144O6. The molecule has 0 fully saturated rings. The highest BCUT2D eigenvalue weighted by Gasteiger charge is 2.20. The molecular weight excluding hydrogens is 1010 g/mol. The van der Waals surface area contributed by atoms with Gasteiger partial charge in [-0.1, -0.05) is 360 Å². The van der Waals surface area contributed by atoms with E-state index >= 15 is 0 Å². The van der Waals surface area contributed by atoms with Gasteiger partial charge in [-0.25, -0.2) is 0 Å². The van der Waals surface area contributed by atoms with Gasteiger partial charge in [0.15, 0.2) is 6.10 Å². The van der Waals surface area contributed by atoms with E-state index in [0.717, 1.165) is 64.2 Å². The molecule has 484 valence electrons. The van der Waals surface area contributed by atoms with Crippen LogP contribution in [0.25, 0.3) is 0 Å². The fourth-order valence-corrected chi connectivity index (χ4v) is 11.6. The maximum Gasteiger partial charge on any atom is 0.306 e. The van der Waals surface area contributed by atoms with Gasteiger partial charge in [-0.3, -0.25) is 14.4 Å². The van der Waals surface area contributed by atoms with Crippen LogP contribution < -0.4 is 0 Å². The molecule has 6 heteroatoms. The van der Waals surface area contributed by atoms with Crippen molar-refractivity contribution in [2.24, 2.45) is 0 Å². The van der Waals surface area contributed by atoms with E-state index in [1.54, 1.807) is 0 Å². The lowest BCUT2D eigenvalue weighted by Gasteiger charge is -2.18. The van der Waals surface area contributed by atoms with Crippen LogP contribution in [-0.4, -0.2) is 37.2 Å². The van der Waals surface area contributed by atoms with Crippen molar-refractivity contribution in [3.05, 3.63) is 24.3 Å². The average molecular weight is 1150 g/mol. The molecule has 0 spiro atoms. The summed E-state index contributed by atoms with van der Waals surface area (Å²) in [6.07, 6.45) is 88.0. The predicted molar refractivity (Wildman–Crippen MR) is 358 cm³/mol. The minimum absolute atomic E-state index is 0.0671. The summed E-state index contributed by atoms with van der Waals surface area (Å²) in [6, 6.07) is 0. The minimum atomic E-state index is -0.771. The van der Waals surface area contributed by atoms with Gasteiger partial charge in [0.25, 0.3) is 0 Å². The molecule has 1 unspecified atom stereocenters. The molecule has 0 aliphatic rings. The average Bonchev–Trinajstić information content (AvgIpc) is 3.47. The summed E-state index contributed by atoms with van der Waals surface area (Å²) in [7, 11) is 0. The van der Waals surface area contributed by atoms with Gasteiger partial charge < -0.3 is 14.2 Å². The van der Waals surface area contributed by atoms with Gasteiger partial charge in [0, 0.05) is 19.3 Å². The van der Waals surface area contributed by atoms with E-state index in [4.69, 9.17) is 14.2 Å². The summed E-state index contributed by atoms with van der Waals surface area (Å²) in [4.78, 5) is 38.5. The van der Waals surface area contributed by atoms with Crippen LogP contribution in [0.5, 0.6) is 0 Å². The standard InChI is InChI=1S/C76H144O6/c1-4-7-10-13-16-19-22-25-28-30-32-33-34-35-36-37-38-39-40-41-42-43-45-46-48-51-54-57-60-63-66-69-75(78)81-72-73(71-80-74(77)68-65-62-59-56-53-50-27-24-21-18-15-12-9-6-3)82-76(79)70-67-64-61-58-55-52-49-47-44-31-29-26-23-20-17-14-11-8-5-2/h24,27,30,32,73H,4-23,25-26,28-29,31,33-72H2,1-3H3/b27-24-,32-30-. The fourth-order valence-electron chi connectivity index (χ4n) is 11.6. The summed E-state index contributed by atoms with van der Waals surface area (Å²) in [5.41, 5.74) is 0. The Morgan fingerprint density at radius 1 is 0.232 bits per heavy atom. The van der Waals surface area contributed by atoms with Gasteiger partial charge in [-0.15, -0.1) is 0 Å². The van der Waals surface area contributed by atoms with Crippen LogP contribution in [0.3, 0.4) is 0 Å². The molecule has 0 heterocycles. The minimum Gasteiger partial charge on any atom is -0.462 e. The smallest absolute Gasteiger partial charge is 0.306 e. The second kappa shape index (κ2) is 71.4. The lowest BCUT2D eigenvalue weighted by Crippen LogP contribution is -2.30. The van der Waals surface area contributed by atoms with Crippen LogP contribution in [0, 0.1) is 0 Å². The quantitative estimate of drug-likeness (QED) is 0.0261. The lowest BCUT2D eigenvalue weighted by molar-refractivity contribution is -0.167. The molecule has 0 radical (unpaired) electrons. The Morgan fingerprint density at radius 2 is 0.402 bits per heavy atom. The topological polar surface area (TPSA) is 78.9 Å². The van der Waals surface area contributed by atoms with Gasteiger partial charge in [0.2, 0.25) is 0 Å². The predicted octanol–water partition coefficient (Wildman–Crippen LogP) is 25.7. The van der Waals surface area contributed by atoms with Crippen molar-refractivity contribution >= 4 is 17.9 Å². The highest BCUT2D eigenvalue weighted by Crippen LogP contribution is 2.19. The largest absolute Gasteiger partial charge is 0.462 e. The third-order valence-electron chi connectivity index (χ3n) is 17.2. The monoisotopic (exact) mass is 1150 g/mol. The zero-order valence-electron chi connectivity index (χ0n) is 55.8. The van der Waals surface area contributed by atoms with Crippen molar-refractivity contribution < 1.29 is 28.6 Å². The Morgan fingerprint density at radius 3 is 0.610 bits per heavy atom. The number of unbranched alkanes of at least 4 members (excludes halogenated alkanes) is 55. The number of ether oxygens (including phenoxy) is 3. The van der Waals surface area contributed by atoms with Crippen LogP contribution in [0.2, 0.25) is 0 Å². The van der Waals surface area contributed by atoms with E-state index in [2.05, 4.69) is 45.1 Å². The number of carbonyl (C=O) groups excluding carboxylic acids is 3. The zero-order chi connectivity index (χ0) is 59.2. The summed E-state index contributed by atoms with van der Waals surface area (Å²) in [5.74, 6) is -0.841. The lowest BCUT2D eigenvalue weighted by atomic mass is 10.0. The van der Waals surface area contributed by atoms with Crippen LogP contribution >= 0.6 is 0 Å². The fraction of sp³-hybridized carbons (Fsp3) is 0.908. The first-order valence-electron chi connectivity index (χ1n) is 37.3. The zero-order valence-corrected chi connectivity index (χ0v) is 55.8. The van der Waals surface area contributed by atoms with Crippen molar-refractivity contribution in [2.45, 2.75) is 431 Å². The van der Waals surface area contributed by atoms with E-state index in [1.807, 2.05) is 0 Å². The first-order chi connectivity index (χ1) is 40.5. The highest BCUT2D eigenvalue weighted by molar-refractivity contribution is 5.71. The summed E-state index contributed by atoms with van der Waals surface area (Å²) in [5, 5.41) is 0.